The van der Waals surface area contributed by atoms with Crippen molar-refractivity contribution < 1.29 is 9.66 Å². The Morgan fingerprint density at radius 1 is 1.06 bits per heavy atom. The average Bonchev–Trinajstić information content (AvgIpc) is 3.19. The van der Waals surface area contributed by atoms with Crippen LogP contribution in [0.1, 0.15) is 22.2 Å². The van der Waals surface area contributed by atoms with Crippen molar-refractivity contribution in [2.75, 3.05) is 6.54 Å². The van der Waals surface area contributed by atoms with E-state index >= 15 is 0 Å². The van der Waals surface area contributed by atoms with E-state index in [0.717, 1.165) is 15.7 Å². The largest absolute Gasteiger partial charge is 0.489 e. The number of hydrogen-bond donors (Lipinski definition) is 0. The Kier molecular flexibility index (Phi) is 8.79. The van der Waals surface area contributed by atoms with Crippen LogP contribution in [0.5, 0.6) is 5.75 Å². The van der Waals surface area contributed by atoms with E-state index in [2.05, 4.69) is 26.1 Å². The van der Waals surface area contributed by atoms with Crippen LogP contribution in [0.2, 0.25) is 15.1 Å². The summed E-state index contributed by atoms with van der Waals surface area (Å²) in [5, 5.41) is 21.6. The first-order valence-electron chi connectivity index (χ1n) is 10.5. The van der Waals surface area contributed by atoms with Gasteiger partial charge in [0.05, 0.1) is 0 Å². The van der Waals surface area contributed by atoms with Gasteiger partial charge in [-0.05, 0) is 61.5 Å². The van der Waals surface area contributed by atoms with Crippen molar-refractivity contribution >= 4 is 62.5 Å². The minimum absolute atomic E-state index is 0.167. The summed E-state index contributed by atoms with van der Waals surface area (Å²) in [5.41, 5.74) is 2.18. The van der Waals surface area contributed by atoms with Crippen LogP contribution in [0.25, 0.3) is 5.69 Å². The number of nitro groups is 1. The van der Waals surface area contributed by atoms with Gasteiger partial charge in [0.1, 0.15) is 23.4 Å². The standard InChI is InChI=1S/C24H18BrCl3N4O3S/c1-14-29-30-24(32(14)19-7-5-17(26)6-8-19)36-23(12-31(33)34)20-10-16(25)3-9-22(20)35-13-15-2-4-18(27)11-21(15)28/h2-11,23H,12-13H2,1H3/t23-/m1/s1. The number of hydrogen-bond acceptors (Lipinski definition) is 6. The molecule has 0 spiro atoms. The topological polar surface area (TPSA) is 83.1 Å². The van der Waals surface area contributed by atoms with Crippen LogP contribution in [-0.2, 0) is 6.61 Å². The van der Waals surface area contributed by atoms with Gasteiger partial charge in [0.2, 0.25) is 6.54 Å². The molecule has 0 aliphatic carbocycles. The molecule has 0 radical (unpaired) electrons. The van der Waals surface area contributed by atoms with Crippen molar-refractivity contribution in [1.82, 2.24) is 14.8 Å². The Morgan fingerprint density at radius 2 is 1.78 bits per heavy atom. The second-order valence-electron chi connectivity index (χ2n) is 7.67. The molecule has 4 aromatic rings. The minimum Gasteiger partial charge on any atom is -0.489 e. The summed E-state index contributed by atoms with van der Waals surface area (Å²) in [5.74, 6) is 1.14. The van der Waals surface area contributed by atoms with Crippen LogP contribution in [0.4, 0.5) is 0 Å². The van der Waals surface area contributed by atoms with Gasteiger partial charge in [-0.3, -0.25) is 14.7 Å². The molecule has 186 valence electrons. The van der Waals surface area contributed by atoms with Gasteiger partial charge < -0.3 is 4.74 Å². The highest BCUT2D eigenvalue weighted by Crippen LogP contribution is 2.41. The predicted molar refractivity (Wildman–Crippen MR) is 147 cm³/mol. The minimum atomic E-state index is -0.622. The molecular weight excluding hydrogens is 611 g/mol. The molecule has 4 rings (SSSR count). The third kappa shape index (κ3) is 6.52. The van der Waals surface area contributed by atoms with Crippen LogP contribution in [-0.4, -0.2) is 26.2 Å². The summed E-state index contributed by atoms with van der Waals surface area (Å²) in [6.07, 6.45) is 0. The molecule has 12 heteroatoms. The highest BCUT2D eigenvalue weighted by atomic mass is 79.9. The number of nitrogens with zero attached hydrogens (tertiary/aromatic N) is 4. The number of halogens is 4. The Labute approximate surface area is 235 Å². The molecule has 0 saturated carbocycles. The molecule has 0 fully saturated rings. The molecule has 1 heterocycles. The first kappa shape index (κ1) is 26.8. The fourth-order valence-electron chi connectivity index (χ4n) is 3.47. The van der Waals surface area contributed by atoms with Crippen LogP contribution in [0, 0.1) is 17.0 Å². The quantitative estimate of drug-likeness (QED) is 0.106. The number of ether oxygens (including phenoxy) is 1. The molecule has 7 nitrogen and oxygen atoms in total. The fourth-order valence-corrected chi connectivity index (χ4v) is 5.63. The Hall–Kier alpha value is -2.30. The number of thioether (sulfide) groups is 1. The second-order valence-corrected chi connectivity index (χ2v) is 11.0. The zero-order valence-corrected chi connectivity index (χ0v) is 23.4. The van der Waals surface area contributed by atoms with Crippen molar-refractivity contribution in [1.29, 1.82) is 0 Å². The summed E-state index contributed by atoms with van der Waals surface area (Å²) in [4.78, 5) is 11.3. The molecular formula is C24H18BrCl3N4O3S. The monoisotopic (exact) mass is 626 g/mol. The number of benzene rings is 3. The van der Waals surface area contributed by atoms with Crippen molar-refractivity contribution in [2.24, 2.45) is 0 Å². The molecule has 0 unspecified atom stereocenters. The zero-order valence-electron chi connectivity index (χ0n) is 18.7. The van der Waals surface area contributed by atoms with E-state index in [4.69, 9.17) is 39.5 Å². The van der Waals surface area contributed by atoms with E-state index in [-0.39, 0.29) is 18.1 Å². The molecule has 1 atom stereocenters. The summed E-state index contributed by atoms with van der Waals surface area (Å²) in [7, 11) is 0. The molecule has 0 saturated heterocycles. The van der Waals surface area contributed by atoms with Gasteiger partial charge in [0.15, 0.2) is 5.16 Å². The average molecular weight is 629 g/mol. The summed E-state index contributed by atoms with van der Waals surface area (Å²) >= 11 is 23.0. The maximum Gasteiger partial charge on any atom is 0.220 e. The molecule has 0 bridgehead atoms. The Balaban J connectivity index is 1.68. The van der Waals surface area contributed by atoms with Gasteiger partial charge in [0, 0.05) is 41.3 Å². The smallest absolute Gasteiger partial charge is 0.220 e. The van der Waals surface area contributed by atoms with Crippen molar-refractivity contribution in [3.8, 4) is 11.4 Å². The third-order valence-electron chi connectivity index (χ3n) is 5.16. The SMILES string of the molecule is Cc1nnc(S[C@H](C[N+](=O)[O-])c2cc(Br)ccc2OCc2ccc(Cl)cc2Cl)n1-c1ccc(Cl)cc1. The van der Waals surface area contributed by atoms with E-state index in [1.807, 2.05) is 35.8 Å². The molecule has 0 amide bonds. The van der Waals surface area contributed by atoms with E-state index in [0.29, 0.717) is 37.4 Å². The molecule has 0 aliphatic heterocycles. The van der Waals surface area contributed by atoms with Crippen LogP contribution in [0.3, 0.4) is 0 Å². The van der Waals surface area contributed by atoms with Gasteiger partial charge >= 0.3 is 0 Å². The lowest BCUT2D eigenvalue weighted by Gasteiger charge is -2.19. The lowest BCUT2D eigenvalue weighted by Crippen LogP contribution is -2.13. The van der Waals surface area contributed by atoms with Gasteiger partial charge in [0.25, 0.3) is 0 Å². The molecule has 3 aromatic carbocycles. The van der Waals surface area contributed by atoms with Gasteiger partial charge in [-0.2, -0.15) is 0 Å². The lowest BCUT2D eigenvalue weighted by molar-refractivity contribution is -0.479. The van der Waals surface area contributed by atoms with E-state index in [9.17, 15) is 10.1 Å². The lowest BCUT2D eigenvalue weighted by atomic mass is 10.1. The Bertz CT molecular complexity index is 1400. The highest BCUT2D eigenvalue weighted by molar-refractivity contribution is 9.10. The van der Waals surface area contributed by atoms with Crippen molar-refractivity contribution in [3.05, 3.63) is 107 Å². The maximum atomic E-state index is 11.7. The third-order valence-corrected chi connectivity index (χ3v) is 7.65. The summed E-state index contributed by atoms with van der Waals surface area (Å²) in [6.45, 7) is 1.63. The van der Waals surface area contributed by atoms with E-state index in [1.54, 1.807) is 36.4 Å². The zero-order chi connectivity index (χ0) is 25.8. The Morgan fingerprint density at radius 3 is 2.47 bits per heavy atom. The summed E-state index contributed by atoms with van der Waals surface area (Å²) < 4.78 is 8.69. The van der Waals surface area contributed by atoms with Crippen molar-refractivity contribution in [3.63, 3.8) is 0 Å². The second kappa shape index (κ2) is 11.8. The number of rotatable bonds is 9. The highest BCUT2D eigenvalue weighted by Gasteiger charge is 2.27. The molecule has 0 N–H and O–H groups in total. The normalized spacial score (nSPS) is 11.9. The first-order valence-corrected chi connectivity index (χ1v) is 13.3. The van der Waals surface area contributed by atoms with Gasteiger partial charge in [-0.1, -0.05) is 68.6 Å². The van der Waals surface area contributed by atoms with E-state index in [1.165, 1.54) is 11.8 Å². The van der Waals surface area contributed by atoms with Crippen LogP contribution in [0.15, 0.2) is 70.3 Å². The number of aromatic nitrogens is 3. The molecule has 36 heavy (non-hydrogen) atoms. The van der Waals surface area contributed by atoms with Gasteiger partial charge in [-0.15, -0.1) is 10.2 Å². The summed E-state index contributed by atoms with van der Waals surface area (Å²) in [6, 6.07) is 17.8. The first-order chi connectivity index (χ1) is 17.2. The molecule has 0 aliphatic rings. The van der Waals surface area contributed by atoms with E-state index < -0.39 is 5.25 Å². The number of aryl methyl sites for hydroxylation is 1. The molecule has 1 aromatic heterocycles. The van der Waals surface area contributed by atoms with Crippen LogP contribution >= 0.6 is 62.5 Å². The van der Waals surface area contributed by atoms with Gasteiger partial charge in [-0.25, -0.2) is 0 Å². The fraction of sp³-hybridized carbons (Fsp3) is 0.167. The predicted octanol–water partition coefficient (Wildman–Crippen LogP) is 7.99. The van der Waals surface area contributed by atoms with Crippen LogP contribution < -0.4 is 4.74 Å². The maximum absolute atomic E-state index is 11.7. The van der Waals surface area contributed by atoms with Crippen molar-refractivity contribution in [2.45, 2.75) is 23.9 Å².